The molecule has 4 rings (SSSR count). The maximum Gasteiger partial charge on any atom is 0.275 e. The van der Waals surface area contributed by atoms with Gasteiger partial charge in [0.25, 0.3) is 17.7 Å². The van der Waals surface area contributed by atoms with Crippen LogP contribution in [0.4, 0.5) is 13.9 Å². The summed E-state index contributed by atoms with van der Waals surface area (Å²) >= 11 is 1.17. The number of anilines is 1. The smallest absolute Gasteiger partial charge is 0.275 e. The minimum Gasteiger partial charge on any atom is -0.375 e. The molecule has 8 heteroatoms. The number of aromatic nitrogens is 1. The predicted octanol–water partition coefficient (Wildman–Crippen LogP) is 4.17. The van der Waals surface area contributed by atoms with Gasteiger partial charge in [0.15, 0.2) is 5.13 Å². The topological polar surface area (TPSA) is 76.3 Å². The van der Waals surface area contributed by atoms with Crippen LogP contribution in [-0.4, -0.2) is 28.2 Å². The second-order valence-corrected chi connectivity index (χ2v) is 7.27. The Labute approximate surface area is 163 Å². The molecule has 2 aromatic carbocycles. The highest BCUT2D eigenvalue weighted by Crippen LogP contribution is 2.39. The minimum absolute atomic E-state index is 0.211. The summed E-state index contributed by atoms with van der Waals surface area (Å²) < 4.78 is 30.1. The van der Waals surface area contributed by atoms with E-state index in [-0.39, 0.29) is 28.8 Å². The normalized spacial score (nSPS) is 13.9. The Bertz CT molecular complexity index is 1050. The second kappa shape index (κ2) is 6.79. The van der Waals surface area contributed by atoms with E-state index < -0.39 is 24.2 Å². The molecule has 3 aromatic rings. The molecule has 1 aliphatic rings. The number of nitrogens with two attached hydrogens (primary N) is 1. The summed E-state index contributed by atoms with van der Waals surface area (Å²) in [5, 5.41) is 1.91. The standard InChI is InChI=1S/C20H15F2N3O2S/c21-20(22,15-8-4-3-7-14(15)16-11-28-19(23)24-16)9-10-25-17(26)12-5-1-2-6-13(12)18(25)27/h1-8,11H,9-10H2,(H2,23,24). The third-order valence-electron chi connectivity index (χ3n) is 4.65. The van der Waals surface area contributed by atoms with Crippen molar-refractivity contribution in [3.05, 3.63) is 70.6 Å². The van der Waals surface area contributed by atoms with Gasteiger partial charge in [-0.3, -0.25) is 14.5 Å². The van der Waals surface area contributed by atoms with Gasteiger partial charge in [0.2, 0.25) is 0 Å². The second-order valence-electron chi connectivity index (χ2n) is 6.38. The lowest BCUT2D eigenvalue weighted by Crippen LogP contribution is -2.33. The number of nitrogens with zero attached hydrogens (tertiary/aromatic N) is 2. The van der Waals surface area contributed by atoms with Gasteiger partial charge in [-0.25, -0.2) is 13.8 Å². The quantitative estimate of drug-likeness (QED) is 0.654. The number of rotatable bonds is 5. The third-order valence-corrected chi connectivity index (χ3v) is 5.32. The van der Waals surface area contributed by atoms with Gasteiger partial charge in [-0.2, -0.15) is 0 Å². The number of carbonyl (C=O) groups excluding carboxylic acids is 2. The van der Waals surface area contributed by atoms with Crippen LogP contribution >= 0.6 is 11.3 Å². The summed E-state index contributed by atoms with van der Waals surface area (Å²) in [6, 6.07) is 12.4. The van der Waals surface area contributed by atoms with Crippen LogP contribution in [0, 0.1) is 0 Å². The minimum atomic E-state index is -3.26. The number of hydrogen-bond donors (Lipinski definition) is 1. The van der Waals surface area contributed by atoms with Crippen molar-refractivity contribution in [1.29, 1.82) is 0 Å². The highest BCUT2D eigenvalue weighted by Gasteiger charge is 2.40. The Kier molecular flexibility index (Phi) is 4.43. The molecule has 0 atom stereocenters. The highest BCUT2D eigenvalue weighted by atomic mass is 32.1. The molecule has 5 nitrogen and oxygen atoms in total. The number of amides is 2. The monoisotopic (exact) mass is 399 g/mol. The van der Waals surface area contributed by atoms with Gasteiger partial charge in [-0.15, -0.1) is 11.3 Å². The van der Waals surface area contributed by atoms with Crippen LogP contribution in [0.3, 0.4) is 0 Å². The maximum absolute atomic E-state index is 15.0. The van der Waals surface area contributed by atoms with Gasteiger partial charge in [0.1, 0.15) is 0 Å². The molecule has 0 aliphatic carbocycles. The Morgan fingerprint density at radius 3 is 2.11 bits per heavy atom. The molecule has 28 heavy (non-hydrogen) atoms. The summed E-state index contributed by atoms with van der Waals surface area (Å²) in [6.45, 7) is -0.382. The van der Waals surface area contributed by atoms with Gasteiger partial charge in [0.05, 0.1) is 16.8 Å². The molecular weight excluding hydrogens is 384 g/mol. The van der Waals surface area contributed by atoms with Gasteiger partial charge >= 0.3 is 0 Å². The van der Waals surface area contributed by atoms with Crippen LogP contribution in [0.1, 0.15) is 32.7 Å². The average Bonchev–Trinajstić information content (AvgIpc) is 3.23. The van der Waals surface area contributed by atoms with Crippen LogP contribution in [0.25, 0.3) is 11.3 Å². The number of carbonyl (C=O) groups is 2. The lowest BCUT2D eigenvalue weighted by Gasteiger charge is -2.22. The summed E-state index contributed by atoms with van der Waals surface area (Å²) in [5.41, 5.74) is 6.56. The fourth-order valence-electron chi connectivity index (χ4n) is 3.27. The van der Waals surface area contributed by atoms with Crippen molar-refractivity contribution in [2.24, 2.45) is 0 Å². The molecule has 0 bridgehead atoms. The van der Waals surface area contributed by atoms with E-state index >= 15 is 8.78 Å². The van der Waals surface area contributed by atoms with Gasteiger partial charge in [-0.1, -0.05) is 36.4 Å². The largest absolute Gasteiger partial charge is 0.375 e. The van der Waals surface area contributed by atoms with E-state index in [0.29, 0.717) is 10.8 Å². The number of benzene rings is 2. The molecule has 0 saturated carbocycles. The maximum atomic E-state index is 15.0. The summed E-state index contributed by atoms with van der Waals surface area (Å²) in [5.74, 6) is -4.35. The average molecular weight is 399 g/mol. The molecule has 0 fully saturated rings. The van der Waals surface area contributed by atoms with Crippen LogP contribution in [-0.2, 0) is 5.92 Å². The highest BCUT2D eigenvalue weighted by molar-refractivity contribution is 7.13. The van der Waals surface area contributed by atoms with Crippen LogP contribution in [0.2, 0.25) is 0 Å². The number of thiazole rings is 1. The van der Waals surface area contributed by atoms with Gasteiger partial charge in [0, 0.05) is 29.5 Å². The van der Waals surface area contributed by atoms with Crippen molar-refractivity contribution in [3.8, 4) is 11.3 Å². The first-order chi connectivity index (χ1) is 13.4. The van der Waals surface area contributed by atoms with Crippen molar-refractivity contribution in [3.63, 3.8) is 0 Å². The van der Waals surface area contributed by atoms with Crippen LogP contribution < -0.4 is 5.73 Å². The molecule has 2 amide bonds. The van der Waals surface area contributed by atoms with E-state index in [0.717, 1.165) is 4.90 Å². The molecule has 1 aromatic heterocycles. The van der Waals surface area contributed by atoms with E-state index in [1.165, 1.54) is 35.6 Å². The number of nitrogen functional groups attached to an aromatic ring is 1. The van der Waals surface area contributed by atoms with Crippen LogP contribution in [0.15, 0.2) is 53.9 Å². The lowest BCUT2D eigenvalue weighted by atomic mass is 9.97. The third kappa shape index (κ3) is 3.05. The lowest BCUT2D eigenvalue weighted by molar-refractivity contribution is -0.0180. The molecular formula is C20H15F2N3O2S. The number of alkyl halides is 2. The summed E-state index contributed by atoms with van der Waals surface area (Å²) in [7, 11) is 0. The molecule has 2 heterocycles. The predicted molar refractivity (Wildman–Crippen MR) is 102 cm³/mol. The first kappa shape index (κ1) is 18.2. The Hall–Kier alpha value is -3.13. The zero-order valence-corrected chi connectivity index (χ0v) is 15.4. The van der Waals surface area contributed by atoms with Gasteiger partial charge in [-0.05, 0) is 12.1 Å². The zero-order chi connectivity index (χ0) is 19.9. The zero-order valence-electron chi connectivity index (χ0n) is 14.6. The van der Waals surface area contributed by atoms with E-state index in [4.69, 9.17) is 5.73 Å². The van der Waals surface area contributed by atoms with Crippen molar-refractivity contribution in [2.75, 3.05) is 12.3 Å². The van der Waals surface area contributed by atoms with Crippen molar-refractivity contribution in [2.45, 2.75) is 12.3 Å². The Morgan fingerprint density at radius 2 is 1.54 bits per heavy atom. The van der Waals surface area contributed by atoms with Crippen LogP contribution in [0.5, 0.6) is 0 Å². The van der Waals surface area contributed by atoms with Crippen molar-refractivity contribution >= 4 is 28.3 Å². The molecule has 0 radical (unpaired) electrons. The van der Waals surface area contributed by atoms with E-state index in [1.807, 2.05) is 0 Å². The summed E-state index contributed by atoms with van der Waals surface area (Å²) in [4.78, 5) is 29.7. The molecule has 0 saturated heterocycles. The molecule has 0 unspecified atom stereocenters. The van der Waals surface area contributed by atoms with Crippen molar-refractivity contribution < 1.29 is 18.4 Å². The fraction of sp³-hybridized carbons (Fsp3) is 0.150. The first-order valence-electron chi connectivity index (χ1n) is 8.52. The number of hydrogen-bond acceptors (Lipinski definition) is 5. The molecule has 0 spiro atoms. The molecule has 142 valence electrons. The number of fused-ring (bicyclic) bond motifs is 1. The summed E-state index contributed by atoms with van der Waals surface area (Å²) in [6.07, 6.45) is -0.685. The Balaban J connectivity index is 1.58. The van der Waals surface area contributed by atoms with Gasteiger partial charge < -0.3 is 5.73 Å². The van der Waals surface area contributed by atoms with Crippen molar-refractivity contribution in [1.82, 2.24) is 9.88 Å². The number of halogens is 2. The Morgan fingerprint density at radius 1 is 0.964 bits per heavy atom. The van der Waals surface area contributed by atoms with E-state index in [1.54, 1.807) is 29.6 Å². The molecule has 1 aliphatic heterocycles. The fourth-order valence-corrected chi connectivity index (χ4v) is 3.83. The molecule has 2 N–H and O–H groups in total. The first-order valence-corrected chi connectivity index (χ1v) is 9.40. The van der Waals surface area contributed by atoms with E-state index in [2.05, 4.69) is 4.98 Å². The SMILES string of the molecule is Nc1nc(-c2ccccc2C(F)(F)CCN2C(=O)c3ccccc3C2=O)cs1. The number of imide groups is 1. The van der Waals surface area contributed by atoms with E-state index in [9.17, 15) is 9.59 Å².